The molecule has 0 heterocycles. The fraction of sp³-hybridized carbons (Fsp3) is 0.435. The van der Waals surface area contributed by atoms with Gasteiger partial charge in [-0.3, -0.25) is 10.1 Å². The zero-order chi connectivity index (χ0) is 21.6. The van der Waals surface area contributed by atoms with E-state index in [-0.39, 0.29) is 16.8 Å². The number of nitrogens with one attached hydrogen (secondary N) is 2. The summed E-state index contributed by atoms with van der Waals surface area (Å²) < 4.78 is 40.3. The predicted molar refractivity (Wildman–Crippen MR) is 114 cm³/mol. The van der Waals surface area contributed by atoms with E-state index in [4.69, 9.17) is 11.6 Å². The molecule has 1 aliphatic rings. The molecule has 162 valence electrons. The Bertz CT molecular complexity index is 834. The smallest absolute Gasteiger partial charge is 0.324 e. The first kappa shape index (κ1) is 22.6. The standard InChI is InChI=1S/C23H26ClF3N2O/c24-17-13-14-20(19(15-17)23(25,26)27)29-22(30)21(16-9-5-4-6-10-16)28-18-11-7-2-1-3-8-12-18/h4-6,9-10,13-15,18,21,28H,1-3,7-8,11-12H2,(H,29,30). The normalized spacial score (nSPS) is 17.1. The number of alkyl halides is 3. The first-order chi connectivity index (χ1) is 14.3. The maximum absolute atomic E-state index is 13.4. The molecule has 0 saturated heterocycles. The Labute approximate surface area is 180 Å². The molecule has 30 heavy (non-hydrogen) atoms. The van der Waals surface area contributed by atoms with E-state index in [1.807, 2.05) is 30.3 Å². The lowest BCUT2D eigenvalue weighted by molar-refractivity contribution is -0.137. The Balaban J connectivity index is 1.84. The quantitative estimate of drug-likeness (QED) is 0.542. The zero-order valence-electron chi connectivity index (χ0n) is 16.6. The first-order valence-corrected chi connectivity index (χ1v) is 10.7. The monoisotopic (exact) mass is 438 g/mol. The average Bonchev–Trinajstić information content (AvgIpc) is 2.68. The molecule has 1 unspecified atom stereocenters. The molecule has 1 fully saturated rings. The summed E-state index contributed by atoms with van der Waals surface area (Å²) >= 11 is 5.75. The molecule has 1 saturated carbocycles. The van der Waals surface area contributed by atoms with Crippen LogP contribution in [-0.2, 0) is 11.0 Å². The SMILES string of the molecule is O=C(Nc1ccc(Cl)cc1C(F)(F)F)C(NC1CCCCCCC1)c1ccccc1. The second-order valence-electron chi connectivity index (χ2n) is 7.73. The summed E-state index contributed by atoms with van der Waals surface area (Å²) in [7, 11) is 0. The third-order valence-electron chi connectivity index (χ3n) is 5.45. The van der Waals surface area contributed by atoms with Crippen molar-refractivity contribution in [2.45, 2.75) is 63.2 Å². The highest BCUT2D eigenvalue weighted by Crippen LogP contribution is 2.37. The van der Waals surface area contributed by atoms with Gasteiger partial charge in [0.15, 0.2) is 0 Å². The lowest BCUT2D eigenvalue weighted by Crippen LogP contribution is -2.40. The molecule has 2 N–H and O–H groups in total. The van der Waals surface area contributed by atoms with Gasteiger partial charge in [0.05, 0.1) is 11.3 Å². The van der Waals surface area contributed by atoms with E-state index >= 15 is 0 Å². The van der Waals surface area contributed by atoms with Crippen molar-refractivity contribution in [1.29, 1.82) is 0 Å². The van der Waals surface area contributed by atoms with E-state index in [0.29, 0.717) is 0 Å². The van der Waals surface area contributed by atoms with Gasteiger partial charge in [0, 0.05) is 11.1 Å². The average molecular weight is 439 g/mol. The molecule has 0 aromatic heterocycles. The van der Waals surface area contributed by atoms with Crippen molar-refractivity contribution < 1.29 is 18.0 Å². The summed E-state index contributed by atoms with van der Waals surface area (Å²) in [5.74, 6) is -0.518. The van der Waals surface area contributed by atoms with Crippen LogP contribution in [0.4, 0.5) is 18.9 Å². The van der Waals surface area contributed by atoms with Gasteiger partial charge in [-0.05, 0) is 36.6 Å². The van der Waals surface area contributed by atoms with Gasteiger partial charge in [0.1, 0.15) is 6.04 Å². The van der Waals surface area contributed by atoms with Crippen LogP contribution in [0.25, 0.3) is 0 Å². The molecule has 1 atom stereocenters. The maximum atomic E-state index is 13.4. The van der Waals surface area contributed by atoms with E-state index in [1.165, 1.54) is 31.4 Å². The molecule has 1 aliphatic carbocycles. The molecule has 2 aromatic carbocycles. The zero-order valence-corrected chi connectivity index (χ0v) is 17.4. The van der Waals surface area contributed by atoms with Crippen molar-refractivity contribution in [3.05, 3.63) is 64.7 Å². The van der Waals surface area contributed by atoms with Gasteiger partial charge in [-0.2, -0.15) is 13.2 Å². The third kappa shape index (κ3) is 6.22. The number of halogens is 4. The Morgan fingerprint density at radius 1 is 0.967 bits per heavy atom. The summed E-state index contributed by atoms with van der Waals surface area (Å²) in [6.45, 7) is 0. The van der Waals surface area contributed by atoms with Crippen molar-refractivity contribution in [3.63, 3.8) is 0 Å². The molecular weight excluding hydrogens is 413 g/mol. The minimum Gasteiger partial charge on any atom is -0.324 e. The van der Waals surface area contributed by atoms with Crippen LogP contribution >= 0.6 is 11.6 Å². The minimum atomic E-state index is -4.62. The number of rotatable bonds is 5. The molecule has 0 radical (unpaired) electrons. The number of carbonyl (C=O) groups excluding carboxylic acids is 1. The molecular formula is C23H26ClF3N2O. The van der Waals surface area contributed by atoms with Crippen LogP contribution in [0.3, 0.4) is 0 Å². The van der Waals surface area contributed by atoms with Gasteiger partial charge in [-0.1, -0.05) is 74.0 Å². The van der Waals surface area contributed by atoms with Crippen molar-refractivity contribution in [1.82, 2.24) is 5.32 Å². The molecule has 0 aliphatic heterocycles. The lowest BCUT2D eigenvalue weighted by Gasteiger charge is -2.27. The highest BCUT2D eigenvalue weighted by atomic mass is 35.5. The van der Waals surface area contributed by atoms with E-state index in [2.05, 4.69) is 10.6 Å². The second-order valence-corrected chi connectivity index (χ2v) is 8.17. The number of hydrogen-bond donors (Lipinski definition) is 2. The summed E-state index contributed by atoms with van der Waals surface area (Å²) in [5.41, 5.74) is -0.530. The Morgan fingerprint density at radius 3 is 2.23 bits per heavy atom. The number of amides is 1. The van der Waals surface area contributed by atoms with E-state index in [0.717, 1.165) is 37.3 Å². The predicted octanol–water partition coefficient (Wildman–Crippen LogP) is 6.74. The van der Waals surface area contributed by atoms with E-state index in [9.17, 15) is 18.0 Å². The van der Waals surface area contributed by atoms with Gasteiger partial charge in [-0.25, -0.2) is 0 Å². The largest absolute Gasteiger partial charge is 0.418 e. The van der Waals surface area contributed by atoms with Gasteiger partial charge in [0.2, 0.25) is 5.91 Å². The van der Waals surface area contributed by atoms with Crippen molar-refractivity contribution >= 4 is 23.2 Å². The second kappa shape index (κ2) is 10.3. The Kier molecular flexibility index (Phi) is 7.78. The third-order valence-corrected chi connectivity index (χ3v) is 5.68. The number of anilines is 1. The van der Waals surface area contributed by atoms with Gasteiger partial charge < -0.3 is 5.32 Å². The summed E-state index contributed by atoms with van der Waals surface area (Å²) in [6.07, 6.45) is 3.00. The van der Waals surface area contributed by atoms with Crippen LogP contribution in [0.1, 0.15) is 62.1 Å². The van der Waals surface area contributed by atoms with E-state index in [1.54, 1.807) is 0 Å². The van der Waals surface area contributed by atoms with Crippen LogP contribution in [0, 0.1) is 0 Å². The molecule has 1 amide bonds. The van der Waals surface area contributed by atoms with Gasteiger partial charge in [-0.15, -0.1) is 0 Å². The number of benzene rings is 2. The molecule has 0 spiro atoms. The topological polar surface area (TPSA) is 41.1 Å². The molecule has 7 heteroatoms. The highest BCUT2D eigenvalue weighted by Gasteiger charge is 2.35. The summed E-state index contributed by atoms with van der Waals surface area (Å²) in [6, 6.07) is 11.9. The fourth-order valence-corrected chi connectivity index (χ4v) is 4.06. The molecule has 3 nitrogen and oxygen atoms in total. The summed E-state index contributed by atoms with van der Waals surface area (Å²) in [5, 5.41) is 5.86. The number of carbonyl (C=O) groups is 1. The molecule has 0 bridgehead atoms. The first-order valence-electron chi connectivity index (χ1n) is 10.3. The number of hydrogen-bond acceptors (Lipinski definition) is 2. The van der Waals surface area contributed by atoms with Gasteiger partial charge >= 0.3 is 6.18 Å². The Morgan fingerprint density at radius 2 is 1.60 bits per heavy atom. The van der Waals surface area contributed by atoms with Crippen LogP contribution in [0.2, 0.25) is 5.02 Å². The van der Waals surface area contributed by atoms with Crippen molar-refractivity contribution in [2.24, 2.45) is 0 Å². The van der Waals surface area contributed by atoms with E-state index < -0.39 is 23.7 Å². The lowest BCUT2D eigenvalue weighted by atomic mass is 9.95. The van der Waals surface area contributed by atoms with Crippen molar-refractivity contribution in [3.8, 4) is 0 Å². The van der Waals surface area contributed by atoms with Crippen LogP contribution < -0.4 is 10.6 Å². The minimum absolute atomic E-state index is 0.0346. The van der Waals surface area contributed by atoms with Crippen molar-refractivity contribution in [2.75, 3.05) is 5.32 Å². The van der Waals surface area contributed by atoms with Crippen LogP contribution in [0.5, 0.6) is 0 Å². The Hall–Kier alpha value is -2.05. The molecule has 3 rings (SSSR count). The maximum Gasteiger partial charge on any atom is 0.418 e. The van der Waals surface area contributed by atoms with Gasteiger partial charge in [0.25, 0.3) is 0 Å². The summed E-state index contributed by atoms with van der Waals surface area (Å²) in [4.78, 5) is 13.1. The molecule has 2 aromatic rings. The fourth-order valence-electron chi connectivity index (χ4n) is 3.89. The van der Waals surface area contributed by atoms with Crippen LogP contribution in [-0.4, -0.2) is 11.9 Å². The van der Waals surface area contributed by atoms with Crippen LogP contribution in [0.15, 0.2) is 48.5 Å². The highest BCUT2D eigenvalue weighted by molar-refractivity contribution is 6.30.